The normalized spacial score (nSPS) is 26.2. The minimum absolute atomic E-state index is 0.245. The maximum atomic E-state index is 12.7. The molecule has 0 aromatic carbocycles. The quantitative estimate of drug-likeness (QED) is 0.875. The SMILES string of the molecule is C[C@@H]1CCc2c(sc(NC(=O)[C@H]3CCCC[C@@H]3C(=O)O)c2C#N)C1. The van der Waals surface area contributed by atoms with E-state index >= 15 is 0 Å². The first-order valence-electron chi connectivity index (χ1n) is 8.59. The van der Waals surface area contributed by atoms with Crippen molar-refractivity contribution in [1.82, 2.24) is 0 Å². The van der Waals surface area contributed by atoms with Gasteiger partial charge in [-0.3, -0.25) is 9.59 Å². The molecule has 0 radical (unpaired) electrons. The number of aliphatic carboxylic acids is 1. The van der Waals surface area contributed by atoms with Gasteiger partial charge in [-0.2, -0.15) is 5.26 Å². The number of carbonyl (C=O) groups excluding carboxylic acids is 1. The van der Waals surface area contributed by atoms with E-state index in [-0.39, 0.29) is 5.91 Å². The van der Waals surface area contributed by atoms with Crippen LogP contribution in [-0.4, -0.2) is 17.0 Å². The van der Waals surface area contributed by atoms with E-state index in [0.717, 1.165) is 37.7 Å². The first-order chi connectivity index (χ1) is 11.5. The number of carbonyl (C=O) groups is 2. The number of carboxylic acid groups (broad SMARTS) is 1. The van der Waals surface area contributed by atoms with Gasteiger partial charge in [0.25, 0.3) is 0 Å². The summed E-state index contributed by atoms with van der Waals surface area (Å²) in [6, 6.07) is 2.24. The molecule has 1 aromatic heterocycles. The Balaban J connectivity index is 1.82. The molecule has 3 atom stereocenters. The number of hydrogen-bond donors (Lipinski definition) is 2. The Morgan fingerprint density at radius 1 is 1.25 bits per heavy atom. The van der Waals surface area contributed by atoms with Crippen LogP contribution in [0.1, 0.15) is 55.0 Å². The largest absolute Gasteiger partial charge is 0.481 e. The Morgan fingerprint density at radius 3 is 2.62 bits per heavy atom. The van der Waals surface area contributed by atoms with Gasteiger partial charge in [0.2, 0.25) is 5.91 Å². The third-order valence-corrected chi connectivity index (χ3v) is 6.45. The lowest BCUT2D eigenvalue weighted by atomic mass is 9.78. The standard InChI is InChI=1S/C18H22N2O3S/c1-10-6-7-11-14(9-19)17(24-15(11)8-10)20-16(21)12-4-2-3-5-13(12)18(22)23/h10,12-13H,2-8H2,1H3,(H,20,21)(H,22,23)/t10-,12+,13+/m1/s1. The number of rotatable bonds is 3. The topological polar surface area (TPSA) is 90.2 Å². The van der Waals surface area contributed by atoms with E-state index in [2.05, 4.69) is 18.3 Å². The molecule has 1 heterocycles. The summed E-state index contributed by atoms with van der Waals surface area (Å²) >= 11 is 1.49. The molecule has 1 amide bonds. The number of amides is 1. The van der Waals surface area contributed by atoms with E-state index in [1.807, 2.05) is 0 Å². The van der Waals surface area contributed by atoms with Gasteiger partial charge < -0.3 is 10.4 Å². The van der Waals surface area contributed by atoms with Crippen LogP contribution >= 0.6 is 11.3 Å². The Hall–Kier alpha value is -1.87. The van der Waals surface area contributed by atoms with Gasteiger partial charge in [0.15, 0.2) is 0 Å². The van der Waals surface area contributed by atoms with Crippen molar-refractivity contribution in [2.24, 2.45) is 17.8 Å². The fourth-order valence-corrected chi connectivity index (χ4v) is 5.27. The van der Waals surface area contributed by atoms with E-state index in [1.54, 1.807) is 0 Å². The number of nitrogens with zero attached hydrogens (tertiary/aromatic N) is 1. The van der Waals surface area contributed by atoms with Crippen LogP contribution in [0.2, 0.25) is 0 Å². The Kier molecular flexibility index (Phi) is 4.91. The molecule has 6 heteroatoms. The molecule has 2 aliphatic carbocycles. The van der Waals surface area contributed by atoms with Crippen LogP contribution in [0.4, 0.5) is 5.00 Å². The van der Waals surface area contributed by atoms with Crippen molar-refractivity contribution in [3.8, 4) is 6.07 Å². The number of nitriles is 1. The first-order valence-corrected chi connectivity index (χ1v) is 9.41. The molecule has 0 saturated heterocycles. The highest BCUT2D eigenvalue weighted by Crippen LogP contribution is 2.40. The summed E-state index contributed by atoms with van der Waals surface area (Å²) < 4.78 is 0. The lowest BCUT2D eigenvalue weighted by Crippen LogP contribution is -2.36. The van der Waals surface area contributed by atoms with Crippen LogP contribution in [-0.2, 0) is 22.4 Å². The molecule has 0 aliphatic heterocycles. The molecule has 2 aliphatic rings. The molecule has 0 bridgehead atoms. The number of carboxylic acids is 1. The van der Waals surface area contributed by atoms with Crippen molar-refractivity contribution < 1.29 is 14.7 Å². The van der Waals surface area contributed by atoms with Gasteiger partial charge in [0, 0.05) is 4.88 Å². The summed E-state index contributed by atoms with van der Waals surface area (Å²) in [5.41, 5.74) is 1.66. The molecule has 0 unspecified atom stereocenters. The predicted molar refractivity (Wildman–Crippen MR) is 91.9 cm³/mol. The van der Waals surface area contributed by atoms with Crippen molar-refractivity contribution >= 4 is 28.2 Å². The van der Waals surface area contributed by atoms with Gasteiger partial charge in [0.1, 0.15) is 11.1 Å². The van der Waals surface area contributed by atoms with Crippen molar-refractivity contribution in [1.29, 1.82) is 5.26 Å². The minimum atomic E-state index is -0.894. The Labute approximate surface area is 145 Å². The molecule has 24 heavy (non-hydrogen) atoms. The summed E-state index contributed by atoms with van der Waals surface area (Å²) in [5, 5.41) is 22.3. The molecule has 1 saturated carbocycles. The van der Waals surface area contributed by atoms with Gasteiger partial charge in [0.05, 0.1) is 17.4 Å². The van der Waals surface area contributed by atoms with Crippen LogP contribution in [0.5, 0.6) is 0 Å². The fourth-order valence-electron chi connectivity index (χ4n) is 3.90. The van der Waals surface area contributed by atoms with Crippen molar-refractivity contribution in [2.45, 2.75) is 51.9 Å². The Bertz CT molecular complexity index is 704. The molecule has 5 nitrogen and oxygen atoms in total. The number of fused-ring (bicyclic) bond motifs is 1. The van der Waals surface area contributed by atoms with Gasteiger partial charge in [-0.1, -0.05) is 19.8 Å². The highest BCUT2D eigenvalue weighted by Gasteiger charge is 2.36. The van der Waals surface area contributed by atoms with Gasteiger partial charge in [-0.05, 0) is 43.6 Å². The zero-order valence-corrected chi connectivity index (χ0v) is 14.6. The fraction of sp³-hybridized carbons (Fsp3) is 0.611. The third-order valence-electron chi connectivity index (χ3n) is 5.28. The Morgan fingerprint density at radius 2 is 1.96 bits per heavy atom. The van der Waals surface area contributed by atoms with Crippen LogP contribution in [0.15, 0.2) is 0 Å². The number of thiophene rings is 1. The summed E-state index contributed by atoms with van der Waals surface area (Å²) in [6.07, 6.45) is 5.79. The van der Waals surface area contributed by atoms with E-state index < -0.39 is 17.8 Å². The second-order valence-corrected chi connectivity index (χ2v) is 8.10. The van der Waals surface area contributed by atoms with Crippen LogP contribution in [0, 0.1) is 29.1 Å². The monoisotopic (exact) mass is 346 g/mol. The summed E-state index contributed by atoms with van der Waals surface area (Å²) in [6.45, 7) is 2.20. The van der Waals surface area contributed by atoms with Gasteiger partial charge >= 0.3 is 5.97 Å². The lowest BCUT2D eigenvalue weighted by Gasteiger charge is -2.27. The maximum Gasteiger partial charge on any atom is 0.307 e. The maximum absolute atomic E-state index is 12.7. The first kappa shape index (κ1) is 17.0. The highest BCUT2D eigenvalue weighted by molar-refractivity contribution is 7.16. The van der Waals surface area contributed by atoms with Gasteiger partial charge in [-0.15, -0.1) is 11.3 Å². The van der Waals surface area contributed by atoms with Crippen LogP contribution in [0.3, 0.4) is 0 Å². The third kappa shape index (κ3) is 3.18. The van der Waals surface area contributed by atoms with Gasteiger partial charge in [-0.25, -0.2) is 0 Å². The van der Waals surface area contributed by atoms with Crippen LogP contribution < -0.4 is 5.32 Å². The molecule has 2 N–H and O–H groups in total. The molecule has 1 fully saturated rings. The minimum Gasteiger partial charge on any atom is -0.481 e. The average Bonchev–Trinajstić information content (AvgIpc) is 2.90. The smallest absolute Gasteiger partial charge is 0.307 e. The van der Waals surface area contributed by atoms with E-state index in [1.165, 1.54) is 16.2 Å². The summed E-state index contributed by atoms with van der Waals surface area (Å²) in [7, 11) is 0. The second-order valence-electron chi connectivity index (χ2n) is 6.99. The van der Waals surface area contributed by atoms with Crippen molar-refractivity contribution in [2.75, 3.05) is 5.32 Å². The number of nitrogens with one attached hydrogen (secondary N) is 1. The molecule has 3 rings (SSSR count). The van der Waals surface area contributed by atoms with E-state index in [0.29, 0.717) is 29.3 Å². The molecule has 0 spiro atoms. The summed E-state index contributed by atoms with van der Waals surface area (Å²) in [4.78, 5) is 25.3. The molecule has 128 valence electrons. The predicted octanol–water partition coefficient (Wildman–Crippen LogP) is 3.57. The zero-order valence-electron chi connectivity index (χ0n) is 13.8. The molecular formula is C18H22N2O3S. The molecular weight excluding hydrogens is 324 g/mol. The second kappa shape index (κ2) is 6.94. The lowest BCUT2D eigenvalue weighted by molar-refractivity contribution is -0.147. The average molecular weight is 346 g/mol. The summed E-state index contributed by atoms with van der Waals surface area (Å²) in [5.74, 6) is -1.65. The van der Waals surface area contributed by atoms with E-state index in [4.69, 9.17) is 0 Å². The zero-order chi connectivity index (χ0) is 17.3. The van der Waals surface area contributed by atoms with Crippen LogP contribution in [0.25, 0.3) is 0 Å². The van der Waals surface area contributed by atoms with E-state index in [9.17, 15) is 20.0 Å². The highest BCUT2D eigenvalue weighted by atomic mass is 32.1. The van der Waals surface area contributed by atoms with Crippen molar-refractivity contribution in [3.05, 3.63) is 16.0 Å². The number of hydrogen-bond acceptors (Lipinski definition) is 4. The number of anilines is 1. The van der Waals surface area contributed by atoms with Crippen molar-refractivity contribution in [3.63, 3.8) is 0 Å². The molecule has 1 aromatic rings.